The van der Waals surface area contributed by atoms with Gasteiger partial charge in [0.1, 0.15) is 5.82 Å². The zero-order valence-corrected chi connectivity index (χ0v) is 11.4. The van der Waals surface area contributed by atoms with Crippen LogP contribution in [0.3, 0.4) is 0 Å². The smallest absolute Gasteiger partial charge is 0.337 e. The van der Waals surface area contributed by atoms with Gasteiger partial charge < -0.3 is 10.1 Å². The Balaban J connectivity index is 2.12. The molecule has 0 aliphatic heterocycles. The fraction of sp³-hybridized carbons (Fsp3) is 0.188. The van der Waals surface area contributed by atoms with Crippen LogP contribution in [0.2, 0.25) is 0 Å². The molecule has 0 heterocycles. The maximum atomic E-state index is 12.8. The van der Waals surface area contributed by atoms with Gasteiger partial charge in [0.15, 0.2) is 0 Å². The van der Waals surface area contributed by atoms with Crippen molar-refractivity contribution < 1.29 is 13.9 Å². The van der Waals surface area contributed by atoms with Gasteiger partial charge in [-0.05, 0) is 42.3 Å². The molecule has 0 unspecified atom stereocenters. The Labute approximate surface area is 117 Å². The number of carbonyl (C=O) groups is 1. The molecular formula is C16H16FNO2. The molecule has 0 amide bonds. The third kappa shape index (κ3) is 3.35. The Morgan fingerprint density at radius 1 is 1.20 bits per heavy atom. The van der Waals surface area contributed by atoms with Gasteiger partial charge in [0.05, 0.1) is 12.7 Å². The van der Waals surface area contributed by atoms with Crippen molar-refractivity contribution in [2.24, 2.45) is 0 Å². The first-order chi connectivity index (χ1) is 9.60. The summed E-state index contributed by atoms with van der Waals surface area (Å²) in [5, 5.41) is 3.24. The Bertz CT molecular complexity index is 608. The molecule has 104 valence electrons. The summed E-state index contributed by atoms with van der Waals surface area (Å²) in [7, 11) is 1.35. The number of hydrogen-bond donors (Lipinski definition) is 1. The highest BCUT2D eigenvalue weighted by Crippen LogP contribution is 2.18. The molecule has 0 saturated carbocycles. The standard InChI is InChI=1S/C16H16FNO2/c1-11-3-6-13(16(19)20-2)9-15(11)18-10-12-4-7-14(17)8-5-12/h3-9,18H,10H2,1-2H3. The van der Waals surface area contributed by atoms with E-state index in [0.717, 1.165) is 16.8 Å². The van der Waals surface area contributed by atoms with Gasteiger partial charge in [0.25, 0.3) is 0 Å². The second-order valence-corrected chi connectivity index (χ2v) is 4.50. The van der Waals surface area contributed by atoms with E-state index in [0.29, 0.717) is 12.1 Å². The van der Waals surface area contributed by atoms with Crippen LogP contribution in [0.5, 0.6) is 0 Å². The van der Waals surface area contributed by atoms with Crippen molar-refractivity contribution in [3.05, 3.63) is 65.0 Å². The van der Waals surface area contributed by atoms with E-state index >= 15 is 0 Å². The molecule has 0 atom stereocenters. The summed E-state index contributed by atoms with van der Waals surface area (Å²) in [6.45, 7) is 2.51. The van der Waals surface area contributed by atoms with Crippen molar-refractivity contribution in [1.29, 1.82) is 0 Å². The normalized spacial score (nSPS) is 10.2. The quantitative estimate of drug-likeness (QED) is 0.866. The lowest BCUT2D eigenvalue weighted by molar-refractivity contribution is 0.0601. The van der Waals surface area contributed by atoms with Crippen molar-refractivity contribution in [3.63, 3.8) is 0 Å². The lowest BCUT2D eigenvalue weighted by atomic mass is 10.1. The van der Waals surface area contributed by atoms with E-state index in [-0.39, 0.29) is 11.8 Å². The summed E-state index contributed by atoms with van der Waals surface area (Å²) >= 11 is 0. The fourth-order valence-corrected chi connectivity index (χ4v) is 1.86. The average molecular weight is 273 g/mol. The first kappa shape index (κ1) is 14.1. The SMILES string of the molecule is COC(=O)c1ccc(C)c(NCc2ccc(F)cc2)c1. The Morgan fingerprint density at radius 2 is 1.90 bits per heavy atom. The third-order valence-corrected chi connectivity index (χ3v) is 3.05. The first-order valence-electron chi connectivity index (χ1n) is 6.27. The molecule has 0 saturated heterocycles. The topological polar surface area (TPSA) is 38.3 Å². The number of benzene rings is 2. The number of methoxy groups -OCH3 is 1. The number of halogens is 1. The van der Waals surface area contributed by atoms with E-state index in [4.69, 9.17) is 4.74 Å². The summed E-state index contributed by atoms with van der Waals surface area (Å²) < 4.78 is 17.5. The highest BCUT2D eigenvalue weighted by atomic mass is 19.1. The summed E-state index contributed by atoms with van der Waals surface area (Å²) in [6.07, 6.45) is 0. The van der Waals surface area contributed by atoms with Gasteiger partial charge in [-0.3, -0.25) is 0 Å². The number of carbonyl (C=O) groups excluding carboxylic acids is 1. The van der Waals surface area contributed by atoms with Crippen LogP contribution >= 0.6 is 0 Å². The van der Waals surface area contributed by atoms with Gasteiger partial charge in [0, 0.05) is 12.2 Å². The monoisotopic (exact) mass is 273 g/mol. The van der Waals surface area contributed by atoms with Crippen LogP contribution in [0.15, 0.2) is 42.5 Å². The number of anilines is 1. The molecule has 2 aromatic carbocycles. The lowest BCUT2D eigenvalue weighted by Gasteiger charge is -2.11. The highest BCUT2D eigenvalue weighted by molar-refractivity contribution is 5.90. The molecule has 0 aliphatic rings. The Morgan fingerprint density at radius 3 is 2.55 bits per heavy atom. The molecule has 0 aliphatic carbocycles. The van der Waals surface area contributed by atoms with Crippen LogP contribution in [-0.2, 0) is 11.3 Å². The number of aryl methyl sites for hydroxylation is 1. The third-order valence-electron chi connectivity index (χ3n) is 3.05. The van der Waals surface area contributed by atoms with Gasteiger partial charge in [-0.2, -0.15) is 0 Å². The molecule has 4 heteroatoms. The lowest BCUT2D eigenvalue weighted by Crippen LogP contribution is -2.05. The van der Waals surface area contributed by atoms with Crippen LogP contribution in [0.25, 0.3) is 0 Å². The van der Waals surface area contributed by atoms with E-state index in [9.17, 15) is 9.18 Å². The number of rotatable bonds is 4. The minimum atomic E-state index is -0.366. The molecule has 2 aromatic rings. The van der Waals surface area contributed by atoms with Crippen LogP contribution in [0, 0.1) is 12.7 Å². The number of nitrogens with one attached hydrogen (secondary N) is 1. The molecule has 20 heavy (non-hydrogen) atoms. The molecule has 0 bridgehead atoms. The van der Waals surface area contributed by atoms with Crippen LogP contribution in [0.1, 0.15) is 21.5 Å². The second kappa shape index (κ2) is 6.19. The van der Waals surface area contributed by atoms with Crippen LogP contribution in [0.4, 0.5) is 10.1 Å². The van der Waals surface area contributed by atoms with E-state index in [2.05, 4.69) is 5.32 Å². The van der Waals surface area contributed by atoms with Crippen molar-refractivity contribution in [3.8, 4) is 0 Å². The molecule has 0 radical (unpaired) electrons. The van der Waals surface area contributed by atoms with Crippen LogP contribution < -0.4 is 5.32 Å². The van der Waals surface area contributed by atoms with Crippen LogP contribution in [-0.4, -0.2) is 13.1 Å². The minimum absolute atomic E-state index is 0.252. The van der Waals surface area contributed by atoms with Crippen molar-refractivity contribution in [2.75, 3.05) is 12.4 Å². The molecule has 2 rings (SSSR count). The Hall–Kier alpha value is -2.36. The number of ether oxygens (including phenoxy) is 1. The number of esters is 1. The fourth-order valence-electron chi connectivity index (χ4n) is 1.86. The van der Waals surface area contributed by atoms with Gasteiger partial charge in [-0.1, -0.05) is 18.2 Å². The maximum absolute atomic E-state index is 12.8. The summed E-state index contributed by atoms with van der Waals surface area (Å²) in [5.74, 6) is -0.618. The van der Waals surface area contributed by atoms with Gasteiger partial charge in [-0.15, -0.1) is 0 Å². The maximum Gasteiger partial charge on any atom is 0.337 e. The van der Waals surface area contributed by atoms with Crippen molar-refractivity contribution in [2.45, 2.75) is 13.5 Å². The first-order valence-corrected chi connectivity index (χ1v) is 6.27. The largest absolute Gasteiger partial charge is 0.465 e. The Kier molecular flexibility index (Phi) is 4.35. The summed E-state index contributed by atoms with van der Waals surface area (Å²) in [4.78, 5) is 11.5. The molecule has 0 aromatic heterocycles. The summed E-state index contributed by atoms with van der Waals surface area (Å²) in [5.41, 5.74) is 3.35. The predicted octanol–water partition coefficient (Wildman–Crippen LogP) is 3.53. The zero-order chi connectivity index (χ0) is 14.5. The van der Waals surface area contributed by atoms with E-state index in [1.165, 1.54) is 19.2 Å². The van der Waals surface area contributed by atoms with E-state index < -0.39 is 0 Å². The van der Waals surface area contributed by atoms with Crippen molar-refractivity contribution >= 4 is 11.7 Å². The predicted molar refractivity (Wildman–Crippen MR) is 76.2 cm³/mol. The van der Waals surface area contributed by atoms with E-state index in [1.54, 1.807) is 24.3 Å². The molecular weight excluding hydrogens is 257 g/mol. The summed E-state index contributed by atoms with van der Waals surface area (Å²) in [6, 6.07) is 11.6. The van der Waals surface area contributed by atoms with Gasteiger partial charge in [-0.25, -0.2) is 9.18 Å². The minimum Gasteiger partial charge on any atom is -0.465 e. The van der Waals surface area contributed by atoms with Gasteiger partial charge in [0.2, 0.25) is 0 Å². The molecule has 0 fully saturated rings. The number of hydrogen-bond acceptors (Lipinski definition) is 3. The van der Waals surface area contributed by atoms with Crippen molar-refractivity contribution in [1.82, 2.24) is 0 Å². The zero-order valence-electron chi connectivity index (χ0n) is 11.4. The second-order valence-electron chi connectivity index (χ2n) is 4.50. The highest BCUT2D eigenvalue weighted by Gasteiger charge is 2.07. The molecule has 3 nitrogen and oxygen atoms in total. The average Bonchev–Trinajstić information content (AvgIpc) is 2.47. The van der Waals surface area contributed by atoms with E-state index in [1.807, 2.05) is 13.0 Å². The van der Waals surface area contributed by atoms with Gasteiger partial charge >= 0.3 is 5.97 Å². The molecule has 0 spiro atoms. The molecule has 1 N–H and O–H groups in total.